The summed E-state index contributed by atoms with van der Waals surface area (Å²) in [7, 11) is 1.60. The number of hydrogen-bond acceptors (Lipinski definition) is 3. The molecule has 1 aliphatic carbocycles. The highest BCUT2D eigenvalue weighted by Crippen LogP contribution is 2.36. The van der Waals surface area contributed by atoms with Gasteiger partial charge in [0, 0.05) is 18.2 Å². The van der Waals surface area contributed by atoms with E-state index >= 15 is 0 Å². The molecule has 1 aliphatic heterocycles. The van der Waals surface area contributed by atoms with Gasteiger partial charge in [-0.2, -0.15) is 0 Å². The summed E-state index contributed by atoms with van der Waals surface area (Å²) in [6.45, 7) is 4.94. The first-order valence-corrected chi connectivity index (χ1v) is 8.97. The van der Waals surface area contributed by atoms with E-state index in [4.69, 9.17) is 9.47 Å². The van der Waals surface area contributed by atoms with Crippen molar-refractivity contribution in [1.29, 1.82) is 0 Å². The van der Waals surface area contributed by atoms with Crippen LogP contribution in [0.15, 0.2) is 30.9 Å². The minimum Gasteiger partial charge on any atom is -0.493 e. The Morgan fingerprint density at radius 1 is 1.25 bits per heavy atom. The Kier molecular flexibility index (Phi) is 5.44. The molecule has 1 saturated heterocycles. The van der Waals surface area contributed by atoms with Crippen molar-refractivity contribution in [2.45, 2.75) is 44.6 Å². The average Bonchev–Trinajstić information content (AvgIpc) is 2.65. The average molecular weight is 329 g/mol. The molecule has 1 heterocycles. The van der Waals surface area contributed by atoms with Crippen molar-refractivity contribution in [3.05, 3.63) is 36.4 Å². The van der Waals surface area contributed by atoms with Gasteiger partial charge in [0.15, 0.2) is 11.5 Å². The van der Waals surface area contributed by atoms with E-state index in [-0.39, 0.29) is 5.91 Å². The number of hydrogen-bond donors (Lipinski definition) is 0. The van der Waals surface area contributed by atoms with Crippen LogP contribution >= 0.6 is 0 Å². The van der Waals surface area contributed by atoms with E-state index < -0.39 is 0 Å². The Hall–Kier alpha value is -1.97. The number of piperidine rings is 1. The molecule has 1 aromatic carbocycles. The van der Waals surface area contributed by atoms with E-state index in [0.29, 0.717) is 35.6 Å². The van der Waals surface area contributed by atoms with Crippen molar-refractivity contribution in [2.24, 2.45) is 5.92 Å². The number of rotatable bonds is 5. The third-order valence-corrected chi connectivity index (χ3v) is 5.27. The molecule has 2 fully saturated rings. The summed E-state index contributed by atoms with van der Waals surface area (Å²) in [5, 5.41) is 0. The van der Waals surface area contributed by atoms with Gasteiger partial charge in [0.05, 0.1) is 7.11 Å². The predicted molar refractivity (Wildman–Crippen MR) is 94.7 cm³/mol. The summed E-state index contributed by atoms with van der Waals surface area (Å²) in [5.41, 5.74) is 0.684. The van der Waals surface area contributed by atoms with Crippen molar-refractivity contribution >= 4 is 5.91 Å². The maximum Gasteiger partial charge on any atom is 0.254 e. The number of nitrogens with zero attached hydrogens (tertiary/aromatic N) is 1. The van der Waals surface area contributed by atoms with E-state index in [1.54, 1.807) is 19.3 Å². The predicted octanol–water partition coefficient (Wildman–Crippen LogP) is 4.05. The molecule has 4 heteroatoms. The minimum absolute atomic E-state index is 0.125. The number of methoxy groups -OCH3 is 1. The SMILES string of the molecule is C=CCOc1ccc(C(=O)N2CCCC3CCCCC32)cc1OC. The van der Waals surface area contributed by atoms with Gasteiger partial charge >= 0.3 is 0 Å². The molecule has 3 rings (SSSR count). The highest BCUT2D eigenvalue weighted by molar-refractivity contribution is 5.95. The first-order valence-electron chi connectivity index (χ1n) is 8.97. The number of ether oxygens (including phenoxy) is 2. The van der Waals surface area contributed by atoms with Crippen LogP contribution in [-0.2, 0) is 0 Å². The summed E-state index contributed by atoms with van der Waals surface area (Å²) in [6.07, 6.45) is 9.04. The molecule has 4 nitrogen and oxygen atoms in total. The molecule has 0 radical (unpaired) electrons. The first-order chi connectivity index (χ1) is 11.7. The number of carbonyl (C=O) groups excluding carboxylic acids is 1. The molecular weight excluding hydrogens is 302 g/mol. The van der Waals surface area contributed by atoms with Crippen LogP contribution in [0.4, 0.5) is 0 Å². The smallest absolute Gasteiger partial charge is 0.254 e. The van der Waals surface area contributed by atoms with E-state index in [1.165, 1.54) is 25.7 Å². The Morgan fingerprint density at radius 2 is 2.04 bits per heavy atom. The monoisotopic (exact) mass is 329 g/mol. The molecule has 0 N–H and O–H groups in total. The normalized spacial score (nSPS) is 23.3. The number of likely N-dealkylation sites (tertiary alicyclic amines) is 1. The summed E-state index contributed by atoms with van der Waals surface area (Å²) >= 11 is 0. The highest BCUT2D eigenvalue weighted by atomic mass is 16.5. The second-order valence-electron chi connectivity index (χ2n) is 6.72. The van der Waals surface area contributed by atoms with Gasteiger partial charge in [0.2, 0.25) is 0 Å². The van der Waals surface area contributed by atoms with Crippen molar-refractivity contribution in [3.63, 3.8) is 0 Å². The zero-order valence-corrected chi connectivity index (χ0v) is 14.5. The Bertz CT molecular complexity index is 597. The maximum absolute atomic E-state index is 13.1. The van der Waals surface area contributed by atoms with Crippen molar-refractivity contribution in [2.75, 3.05) is 20.3 Å². The topological polar surface area (TPSA) is 38.8 Å². The summed E-state index contributed by atoms with van der Waals surface area (Å²) in [4.78, 5) is 15.2. The molecule has 0 bridgehead atoms. The molecule has 1 aromatic rings. The van der Waals surface area contributed by atoms with Crippen LogP contribution in [0, 0.1) is 5.92 Å². The lowest BCUT2D eigenvalue weighted by atomic mass is 9.78. The van der Waals surface area contributed by atoms with Gasteiger partial charge in [-0.3, -0.25) is 4.79 Å². The Morgan fingerprint density at radius 3 is 2.83 bits per heavy atom. The lowest BCUT2D eigenvalue weighted by Gasteiger charge is -2.44. The highest BCUT2D eigenvalue weighted by Gasteiger charge is 2.36. The second kappa shape index (κ2) is 7.73. The molecule has 130 valence electrons. The molecule has 0 aromatic heterocycles. The minimum atomic E-state index is 0.125. The molecular formula is C20H27NO3. The van der Waals surface area contributed by atoms with Gasteiger partial charge in [0.25, 0.3) is 5.91 Å². The van der Waals surface area contributed by atoms with Crippen LogP contribution in [0.1, 0.15) is 48.9 Å². The summed E-state index contributed by atoms with van der Waals surface area (Å²) < 4.78 is 11.0. The van der Waals surface area contributed by atoms with Crippen LogP contribution < -0.4 is 9.47 Å². The van der Waals surface area contributed by atoms with Gasteiger partial charge in [-0.15, -0.1) is 0 Å². The third-order valence-electron chi connectivity index (χ3n) is 5.27. The van der Waals surface area contributed by atoms with Crippen LogP contribution in [0.25, 0.3) is 0 Å². The van der Waals surface area contributed by atoms with E-state index in [9.17, 15) is 4.79 Å². The second-order valence-corrected chi connectivity index (χ2v) is 6.72. The van der Waals surface area contributed by atoms with Crippen molar-refractivity contribution in [3.8, 4) is 11.5 Å². The number of fused-ring (bicyclic) bond motifs is 1. The van der Waals surface area contributed by atoms with Crippen LogP contribution in [0.2, 0.25) is 0 Å². The Labute approximate surface area is 144 Å². The van der Waals surface area contributed by atoms with Crippen LogP contribution in [0.3, 0.4) is 0 Å². The number of benzene rings is 1. The summed E-state index contributed by atoms with van der Waals surface area (Å²) in [6, 6.07) is 5.88. The van der Waals surface area contributed by atoms with E-state index in [2.05, 4.69) is 11.5 Å². The van der Waals surface area contributed by atoms with Gasteiger partial charge in [-0.1, -0.05) is 25.5 Å². The van der Waals surface area contributed by atoms with Gasteiger partial charge in [0.1, 0.15) is 6.61 Å². The van der Waals surface area contributed by atoms with Gasteiger partial charge < -0.3 is 14.4 Å². The van der Waals surface area contributed by atoms with E-state index in [0.717, 1.165) is 19.4 Å². The van der Waals surface area contributed by atoms with Crippen molar-refractivity contribution < 1.29 is 14.3 Å². The molecule has 0 spiro atoms. The van der Waals surface area contributed by atoms with Crippen LogP contribution in [-0.4, -0.2) is 37.1 Å². The standard InChI is InChI=1S/C20H27NO3/c1-3-13-24-18-11-10-16(14-19(18)23-2)20(22)21-12-6-8-15-7-4-5-9-17(15)21/h3,10-11,14-15,17H,1,4-9,12-13H2,2H3. The fourth-order valence-corrected chi connectivity index (χ4v) is 4.11. The lowest BCUT2D eigenvalue weighted by molar-refractivity contribution is 0.0390. The number of amides is 1. The first kappa shape index (κ1) is 16.9. The largest absolute Gasteiger partial charge is 0.493 e. The third kappa shape index (κ3) is 3.42. The van der Waals surface area contributed by atoms with Gasteiger partial charge in [-0.05, 0) is 49.8 Å². The lowest BCUT2D eigenvalue weighted by Crippen LogP contribution is -2.49. The molecule has 2 atom stereocenters. The molecule has 1 amide bonds. The maximum atomic E-state index is 13.1. The molecule has 1 saturated carbocycles. The quantitative estimate of drug-likeness (QED) is 0.765. The Balaban J connectivity index is 1.79. The van der Waals surface area contributed by atoms with E-state index in [1.807, 2.05) is 12.1 Å². The number of carbonyl (C=O) groups is 1. The fraction of sp³-hybridized carbons (Fsp3) is 0.550. The molecule has 2 unspecified atom stereocenters. The summed E-state index contributed by atoms with van der Waals surface area (Å²) in [5.74, 6) is 2.05. The fourth-order valence-electron chi connectivity index (χ4n) is 4.11. The zero-order chi connectivity index (χ0) is 16.9. The van der Waals surface area contributed by atoms with Crippen LogP contribution in [0.5, 0.6) is 11.5 Å². The van der Waals surface area contributed by atoms with Crippen molar-refractivity contribution in [1.82, 2.24) is 4.90 Å². The molecule has 2 aliphatic rings. The zero-order valence-electron chi connectivity index (χ0n) is 14.5. The molecule has 24 heavy (non-hydrogen) atoms. The van der Waals surface area contributed by atoms with Gasteiger partial charge in [-0.25, -0.2) is 0 Å².